The Morgan fingerprint density at radius 2 is 1.87 bits per heavy atom. The third kappa shape index (κ3) is 1.70. The molecular weight excluding hydrogens is 286 g/mol. The zero-order valence-corrected chi connectivity index (χ0v) is 14.0. The van der Waals surface area contributed by atoms with E-state index in [1.807, 2.05) is 18.2 Å². The molecule has 2 aromatic carbocycles. The van der Waals surface area contributed by atoms with Crippen LogP contribution in [0.4, 0.5) is 5.69 Å². The maximum Gasteiger partial charge on any atom is 0.211 e. The predicted octanol–water partition coefficient (Wildman–Crippen LogP) is 4.22. The SMILES string of the molecule is COc1ccc2c(c1)O[C@]1(C=C2)N(C)c2ccccc2C1(C)C. The van der Waals surface area contributed by atoms with Gasteiger partial charge in [0.25, 0.3) is 0 Å². The van der Waals surface area contributed by atoms with Gasteiger partial charge in [-0.25, -0.2) is 0 Å². The summed E-state index contributed by atoms with van der Waals surface area (Å²) in [6.07, 6.45) is 4.34. The van der Waals surface area contributed by atoms with E-state index >= 15 is 0 Å². The molecule has 0 aliphatic carbocycles. The molecule has 2 heterocycles. The number of methoxy groups -OCH3 is 1. The summed E-state index contributed by atoms with van der Waals surface area (Å²) in [6.45, 7) is 4.48. The maximum atomic E-state index is 6.59. The third-order valence-corrected chi connectivity index (χ3v) is 5.31. The van der Waals surface area contributed by atoms with Gasteiger partial charge in [0, 0.05) is 24.4 Å². The molecule has 1 atom stereocenters. The second-order valence-corrected chi connectivity index (χ2v) is 6.74. The summed E-state index contributed by atoms with van der Waals surface area (Å²) in [5, 5.41) is 0. The molecule has 3 nitrogen and oxygen atoms in total. The Balaban J connectivity index is 1.87. The van der Waals surface area contributed by atoms with Gasteiger partial charge in [-0.2, -0.15) is 0 Å². The van der Waals surface area contributed by atoms with Gasteiger partial charge in [0.05, 0.1) is 12.5 Å². The summed E-state index contributed by atoms with van der Waals surface area (Å²) in [7, 11) is 3.78. The Morgan fingerprint density at radius 3 is 2.61 bits per heavy atom. The van der Waals surface area contributed by atoms with Crippen LogP contribution in [0.15, 0.2) is 48.5 Å². The molecule has 0 aromatic heterocycles. The second-order valence-electron chi connectivity index (χ2n) is 6.74. The molecule has 0 bridgehead atoms. The first-order chi connectivity index (χ1) is 11.0. The van der Waals surface area contributed by atoms with Crippen LogP contribution in [0.3, 0.4) is 0 Å². The lowest BCUT2D eigenvalue weighted by atomic mass is 9.76. The summed E-state index contributed by atoms with van der Waals surface area (Å²) < 4.78 is 11.9. The number of fused-ring (bicyclic) bond motifs is 2. The molecule has 0 saturated heterocycles. The number of benzene rings is 2. The van der Waals surface area contributed by atoms with Gasteiger partial charge >= 0.3 is 0 Å². The van der Waals surface area contributed by atoms with Crippen LogP contribution >= 0.6 is 0 Å². The molecular formula is C20H21NO2. The first kappa shape index (κ1) is 14.2. The predicted molar refractivity (Wildman–Crippen MR) is 93.3 cm³/mol. The van der Waals surface area contributed by atoms with Gasteiger partial charge in [0.1, 0.15) is 11.5 Å². The molecule has 0 N–H and O–H groups in total. The Bertz CT molecular complexity index is 809. The lowest BCUT2D eigenvalue weighted by Gasteiger charge is -2.45. The van der Waals surface area contributed by atoms with Gasteiger partial charge in [0.2, 0.25) is 5.72 Å². The van der Waals surface area contributed by atoms with Crippen LogP contribution in [0.25, 0.3) is 6.08 Å². The number of hydrogen-bond acceptors (Lipinski definition) is 3. The van der Waals surface area contributed by atoms with Crippen molar-refractivity contribution in [3.05, 3.63) is 59.7 Å². The first-order valence-electron chi connectivity index (χ1n) is 7.89. The molecule has 0 fully saturated rings. The van der Waals surface area contributed by atoms with Gasteiger partial charge in [-0.15, -0.1) is 0 Å². The molecule has 118 valence electrons. The second kappa shape index (κ2) is 4.54. The number of hydrogen-bond donors (Lipinski definition) is 0. The minimum Gasteiger partial charge on any atom is -0.497 e. The Hall–Kier alpha value is -2.42. The highest BCUT2D eigenvalue weighted by atomic mass is 16.5. The van der Waals surface area contributed by atoms with Crippen molar-refractivity contribution >= 4 is 11.8 Å². The third-order valence-electron chi connectivity index (χ3n) is 5.31. The number of nitrogens with zero attached hydrogens (tertiary/aromatic N) is 1. The number of likely N-dealkylation sites (N-methyl/N-ethyl adjacent to an activating group) is 1. The summed E-state index contributed by atoms with van der Waals surface area (Å²) in [4.78, 5) is 2.24. The zero-order chi connectivity index (χ0) is 16.2. The van der Waals surface area contributed by atoms with E-state index in [0.717, 1.165) is 17.1 Å². The van der Waals surface area contributed by atoms with Gasteiger partial charge < -0.3 is 14.4 Å². The summed E-state index contributed by atoms with van der Waals surface area (Å²) >= 11 is 0. The van der Waals surface area contributed by atoms with E-state index in [9.17, 15) is 0 Å². The molecule has 2 aromatic rings. The van der Waals surface area contributed by atoms with Crippen molar-refractivity contribution in [1.82, 2.24) is 0 Å². The lowest BCUT2D eigenvalue weighted by Crippen LogP contribution is -2.58. The van der Waals surface area contributed by atoms with E-state index < -0.39 is 5.72 Å². The van der Waals surface area contributed by atoms with Crippen LogP contribution in [0.1, 0.15) is 25.0 Å². The Kier molecular flexibility index (Phi) is 2.80. The Labute approximate surface area is 137 Å². The van der Waals surface area contributed by atoms with E-state index in [4.69, 9.17) is 9.47 Å². The van der Waals surface area contributed by atoms with Crippen LogP contribution in [0, 0.1) is 0 Å². The minimum absolute atomic E-state index is 0.171. The summed E-state index contributed by atoms with van der Waals surface area (Å²) in [6, 6.07) is 14.5. The number of ether oxygens (including phenoxy) is 2. The highest BCUT2D eigenvalue weighted by Gasteiger charge is 2.57. The smallest absolute Gasteiger partial charge is 0.211 e. The van der Waals surface area contributed by atoms with Crippen molar-refractivity contribution in [2.24, 2.45) is 0 Å². The standard InChI is InChI=1S/C20H21NO2/c1-19(2)16-7-5-6-8-17(16)21(3)20(19)12-11-14-9-10-15(22-4)13-18(14)23-20/h5-13H,1-4H3/t20-/m0/s1. The van der Waals surface area contributed by atoms with Crippen LogP contribution < -0.4 is 14.4 Å². The fourth-order valence-corrected chi connectivity index (χ4v) is 3.87. The zero-order valence-electron chi connectivity index (χ0n) is 14.0. The normalized spacial score (nSPS) is 23.4. The van der Waals surface area contributed by atoms with Gasteiger partial charge in [-0.1, -0.05) is 18.2 Å². The van der Waals surface area contributed by atoms with Gasteiger partial charge in [0.15, 0.2) is 0 Å². The molecule has 2 aliphatic heterocycles. The van der Waals surface area contributed by atoms with Crippen molar-refractivity contribution in [2.75, 3.05) is 19.1 Å². The fraction of sp³-hybridized carbons (Fsp3) is 0.300. The first-order valence-corrected chi connectivity index (χ1v) is 7.89. The van der Waals surface area contributed by atoms with Gasteiger partial charge in [-0.05, 0) is 49.8 Å². The minimum atomic E-state index is -0.532. The average molecular weight is 307 g/mol. The van der Waals surface area contributed by atoms with Crippen molar-refractivity contribution in [3.8, 4) is 11.5 Å². The lowest BCUT2D eigenvalue weighted by molar-refractivity contribution is 0.0579. The molecule has 2 aliphatic rings. The molecule has 0 unspecified atom stereocenters. The monoisotopic (exact) mass is 307 g/mol. The van der Waals surface area contributed by atoms with E-state index in [1.54, 1.807) is 7.11 Å². The Morgan fingerprint density at radius 1 is 1.09 bits per heavy atom. The highest BCUT2D eigenvalue weighted by molar-refractivity contribution is 5.72. The van der Waals surface area contributed by atoms with E-state index in [0.29, 0.717) is 0 Å². The molecule has 1 spiro atoms. The number of rotatable bonds is 1. The summed E-state index contributed by atoms with van der Waals surface area (Å²) in [5.41, 5.74) is 2.90. The molecule has 0 amide bonds. The van der Waals surface area contributed by atoms with Crippen LogP contribution in [0.2, 0.25) is 0 Å². The average Bonchev–Trinajstić information content (AvgIpc) is 2.74. The van der Waals surface area contributed by atoms with Crippen molar-refractivity contribution in [3.63, 3.8) is 0 Å². The molecule has 0 radical (unpaired) electrons. The molecule has 3 heteroatoms. The molecule has 0 saturated carbocycles. The van der Waals surface area contributed by atoms with Crippen molar-refractivity contribution < 1.29 is 9.47 Å². The van der Waals surface area contributed by atoms with E-state index in [1.165, 1.54) is 11.3 Å². The largest absolute Gasteiger partial charge is 0.497 e. The molecule has 23 heavy (non-hydrogen) atoms. The molecule has 4 rings (SSSR count). The fourth-order valence-electron chi connectivity index (χ4n) is 3.87. The quantitative estimate of drug-likeness (QED) is 0.787. The maximum absolute atomic E-state index is 6.59. The summed E-state index contributed by atoms with van der Waals surface area (Å²) in [5.74, 6) is 1.67. The van der Waals surface area contributed by atoms with Gasteiger partial charge in [-0.3, -0.25) is 0 Å². The topological polar surface area (TPSA) is 21.7 Å². The number of anilines is 1. The van der Waals surface area contributed by atoms with Crippen LogP contribution in [-0.4, -0.2) is 19.9 Å². The van der Waals surface area contributed by atoms with Crippen molar-refractivity contribution in [2.45, 2.75) is 25.0 Å². The highest BCUT2D eigenvalue weighted by Crippen LogP contribution is 2.54. The van der Waals surface area contributed by atoms with E-state index in [-0.39, 0.29) is 5.41 Å². The van der Waals surface area contributed by atoms with E-state index in [2.05, 4.69) is 62.2 Å². The van der Waals surface area contributed by atoms with Crippen LogP contribution in [0.5, 0.6) is 11.5 Å². The number of para-hydroxylation sites is 1. The van der Waals surface area contributed by atoms with Crippen molar-refractivity contribution in [1.29, 1.82) is 0 Å². The van der Waals surface area contributed by atoms with Crippen LogP contribution in [-0.2, 0) is 5.41 Å².